The van der Waals surface area contributed by atoms with Crippen LogP contribution in [0.25, 0.3) is 0 Å². The maximum absolute atomic E-state index is 12.6. The fourth-order valence-electron chi connectivity index (χ4n) is 2.27. The van der Waals surface area contributed by atoms with Gasteiger partial charge in [-0.25, -0.2) is 0 Å². The summed E-state index contributed by atoms with van der Waals surface area (Å²) in [6.07, 6.45) is 0. The highest BCUT2D eigenvalue weighted by molar-refractivity contribution is 7.99. The number of rotatable bonds is 3. The summed E-state index contributed by atoms with van der Waals surface area (Å²) in [6.45, 7) is 6.71. The van der Waals surface area contributed by atoms with E-state index >= 15 is 0 Å². The number of nitrogens with one attached hydrogen (secondary N) is 1. The number of nitrogens with zero attached hydrogens (tertiary/aromatic N) is 1. The molecule has 0 radical (unpaired) electrons. The Morgan fingerprint density at radius 3 is 2.60 bits per heavy atom. The van der Waals surface area contributed by atoms with Crippen molar-refractivity contribution in [2.24, 2.45) is 0 Å². The first kappa shape index (κ1) is 14.9. The van der Waals surface area contributed by atoms with Gasteiger partial charge in [-0.15, -0.1) is 11.8 Å². The summed E-state index contributed by atoms with van der Waals surface area (Å²) >= 11 is 1.74. The van der Waals surface area contributed by atoms with Crippen molar-refractivity contribution in [1.29, 1.82) is 0 Å². The van der Waals surface area contributed by atoms with Gasteiger partial charge in [0.05, 0.1) is 0 Å². The summed E-state index contributed by atoms with van der Waals surface area (Å²) in [5.74, 6) is 0.820. The van der Waals surface area contributed by atoms with Gasteiger partial charge in [0.15, 0.2) is 0 Å². The molecule has 0 aromatic heterocycles. The topological polar surface area (TPSA) is 49.4 Å². The van der Waals surface area contributed by atoms with Crippen molar-refractivity contribution in [3.05, 3.63) is 29.8 Å². The predicted molar refractivity (Wildman–Crippen MR) is 81.0 cm³/mol. The molecule has 5 heteroatoms. The van der Waals surface area contributed by atoms with Gasteiger partial charge in [0, 0.05) is 23.5 Å². The van der Waals surface area contributed by atoms with E-state index in [1.165, 1.54) is 0 Å². The summed E-state index contributed by atoms with van der Waals surface area (Å²) in [7, 11) is 0. The maximum Gasteiger partial charge on any atom is 0.254 e. The standard InChI is InChI=1S/C15H20N2O2S/c1-4-20-12-7-5-11(6-8-12)13(18)17-10-9-16-14(19)15(17,2)3/h5-8H,4,9-10H2,1-3H3,(H,16,19). The number of amides is 2. The van der Waals surface area contributed by atoms with Crippen molar-refractivity contribution in [3.63, 3.8) is 0 Å². The van der Waals surface area contributed by atoms with Gasteiger partial charge in [0.2, 0.25) is 5.91 Å². The fourth-order valence-corrected chi connectivity index (χ4v) is 2.93. The first-order valence-corrected chi connectivity index (χ1v) is 7.78. The molecule has 0 atom stereocenters. The summed E-state index contributed by atoms with van der Waals surface area (Å²) < 4.78 is 0. The van der Waals surface area contributed by atoms with Crippen LogP contribution in [0.3, 0.4) is 0 Å². The number of carbonyl (C=O) groups excluding carboxylic acids is 2. The van der Waals surface area contributed by atoms with E-state index in [4.69, 9.17) is 0 Å². The predicted octanol–water partition coefficient (Wildman–Crippen LogP) is 2.15. The zero-order valence-corrected chi connectivity index (χ0v) is 12.9. The second-order valence-corrected chi connectivity index (χ2v) is 6.57. The molecule has 0 spiro atoms. The van der Waals surface area contributed by atoms with Crippen molar-refractivity contribution in [2.75, 3.05) is 18.8 Å². The fraction of sp³-hybridized carbons (Fsp3) is 0.467. The quantitative estimate of drug-likeness (QED) is 0.869. The Balaban J connectivity index is 2.20. The molecule has 1 aromatic rings. The van der Waals surface area contributed by atoms with Gasteiger partial charge in [-0.05, 0) is 43.9 Å². The second kappa shape index (κ2) is 5.87. The van der Waals surface area contributed by atoms with E-state index in [0.717, 1.165) is 10.6 Å². The summed E-state index contributed by atoms with van der Waals surface area (Å²) in [6, 6.07) is 7.59. The van der Waals surface area contributed by atoms with Crippen molar-refractivity contribution >= 4 is 23.6 Å². The minimum absolute atomic E-state index is 0.0853. The van der Waals surface area contributed by atoms with Crippen molar-refractivity contribution in [1.82, 2.24) is 10.2 Å². The normalized spacial score (nSPS) is 17.8. The van der Waals surface area contributed by atoms with Crippen LogP contribution >= 0.6 is 11.8 Å². The molecule has 1 aliphatic heterocycles. The lowest BCUT2D eigenvalue weighted by Gasteiger charge is -2.41. The number of hydrogen-bond donors (Lipinski definition) is 1. The minimum atomic E-state index is -0.799. The minimum Gasteiger partial charge on any atom is -0.352 e. The lowest BCUT2D eigenvalue weighted by molar-refractivity contribution is -0.133. The van der Waals surface area contributed by atoms with Crippen LogP contribution in [0.5, 0.6) is 0 Å². The molecule has 2 amide bonds. The van der Waals surface area contributed by atoms with Crippen LogP contribution in [-0.2, 0) is 4.79 Å². The summed E-state index contributed by atoms with van der Waals surface area (Å²) in [5.41, 5.74) is -0.167. The monoisotopic (exact) mass is 292 g/mol. The van der Waals surface area contributed by atoms with Crippen LogP contribution in [0.1, 0.15) is 31.1 Å². The molecule has 1 N–H and O–H groups in total. The number of benzene rings is 1. The second-order valence-electron chi connectivity index (χ2n) is 5.23. The number of thioether (sulfide) groups is 1. The van der Waals surface area contributed by atoms with Crippen LogP contribution < -0.4 is 5.32 Å². The first-order chi connectivity index (χ1) is 9.46. The van der Waals surface area contributed by atoms with E-state index in [2.05, 4.69) is 12.2 Å². The highest BCUT2D eigenvalue weighted by Gasteiger charge is 2.40. The van der Waals surface area contributed by atoms with E-state index in [-0.39, 0.29) is 11.8 Å². The largest absolute Gasteiger partial charge is 0.352 e. The van der Waals surface area contributed by atoms with Crippen LogP contribution in [-0.4, -0.2) is 41.1 Å². The van der Waals surface area contributed by atoms with Crippen LogP contribution in [0.2, 0.25) is 0 Å². The van der Waals surface area contributed by atoms with Gasteiger partial charge < -0.3 is 10.2 Å². The maximum atomic E-state index is 12.6. The van der Waals surface area contributed by atoms with Gasteiger partial charge in [0.25, 0.3) is 5.91 Å². The molecule has 1 aromatic carbocycles. The Morgan fingerprint density at radius 2 is 2.00 bits per heavy atom. The highest BCUT2D eigenvalue weighted by atomic mass is 32.2. The van der Waals surface area contributed by atoms with E-state index in [1.54, 1.807) is 30.5 Å². The number of piperazine rings is 1. The number of carbonyl (C=O) groups is 2. The molecule has 0 unspecified atom stereocenters. The van der Waals surface area contributed by atoms with Gasteiger partial charge in [-0.2, -0.15) is 0 Å². The van der Waals surface area contributed by atoms with Crippen LogP contribution in [0, 0.1) is 0 Å². The molecular formula is C15H20N2O2S. The van der Waals surface area contributed by atoms with Gasteiger partial charge >= 0.3 is 0 Å². The molecule has 1 heterocycles. The Hall–Kier alpha value is -1.49. The van der Waals surface area contributed by atoms with Crippen molar-refractivity contribution in [2.45, 2.75) is 31.2 Å². The molecule has 2 rings (SSSR count). The molecule has 0 bridgehead atoms. The Labute approximate surface area is 123 Å². The van der Waals surface area contributed by atoms with E-state index in [1.807, 2.05) is 24.3 Å². The lowest BCUT2D eigenvalue weighted by Crippen LogP contribution is -2.63. The molecule has 4 nitrogen and oxygen atoms in total. The molecule has 0 saturated carbocycles. The Bertz CT molecular complexity index is 511. The molecule has 108 valence electrons. The van der Waals surface area contributed by atoms with Crippen LogP contribution in [0.4, 0.5) is 0 Å². The molecule has 1 fully saturated rings. The van der Waals surface area contributed by atoms with Gasteiger partial charge in [0.1, 0.15) is 5.54 Å². The van der Waals surface area contributed by atoms with Gasteiger partial charge in [-0.3, -0.25) is 9.59 Å². The van der Waals surface area contributed by atoms with Crippen molar-refractivity contribution < 1.29 is 9.59 Å². The van der Waals surface area contributed by atoms with Gasteiger partial charge in [-0.1, -0.05) is 6.92 Å². The molecule has 0 aliphatic carbocycles. The molecule has 20 heavy (non-hydrogen) atoms. The SMILES string of the molecule is CCSc1ccc(C(=O)N2CCNC(=O)C2(C)C)cc1. The van der Waals surface area contributed by atoms with E-state index in [0.29, 0.717) is 18.7 Å². The van der Waals surface area contributed by atoms with E-state index in [9.17, 15) is 9.59 Å². The first-order valence-electron chi connectivity index (χ1n) is 6.80. The zero-order chi connectivity index (χ0) is 14.8. The third kappa shape index (κ3) is 2.82. The summed E-state index contributed by atoms with van der Waals surface area (Å²) in [5, 5.41) is 2.80. The molecule has 1 saturated heterocycles. The number of hydrogen-bond acceptors (Lipinski definition) is 3. The summed E-state index contributed by atoms with van der Waals surface area (Å²) in [4.78, 5) is 27.3. The smallest absolute Gasteiger partial charge is 0.254 e. The zero-order valence-electron chi connectivity index (χ0n) is 12.1. The Morgan fingerprint density at radius 1 is 1.35 bits per heavy atom. The third-order valence-corrected chi connectivity index (χ3v) is 4.40. The highest BCUT2D eigenvalue weighted by Crippen LogP contribution is 2.22. The molecule has 1 aliphatic rings. The average Bonchev–Trinajstić information content (AvgIpc) is 2.42. The Kier molecular flexibility index (Phi) is 4.38. The molecular weight excluding hydrogens is 272 g/mol. The third-order valence-electron chi connectivity index (χ3n) is 3.51. The van der Waals surface area contributed by atoms with Crippen molar-refractivity contribution in [3.8, 4) is 0 Å². The van der Waals surface area contributed by atoms with Crippen LogP contribution in [0.15, 0.2) is 29.2 Å². The average molecular weight is 292 g/mol. The lowest BCUT2D eigenvalue weighted by atomic mass is 9.97. The van der Waals surface area contributed by atoms with E-state index < -0.39 is 5.54 Å².